The minimum Gasteiger partial charge on any atom is -0.507 e. The van der Waals surface area contributed by atoms with E-state index in [4.69, 9.17) is 0 Å². The molecule has 0 unspecified atom stereocenters. The van der Waals surface area contributed by atoms with E-state index >= 15 is 0 Å². The lowest BCUT2D eigenvalue weighted by atomic mass is 9.78. The standard InChI is InChI=1S/C25H35BrN2O4S/c1-8-28(26)33(31,32)19-12-10-18(11-13-19)27-22(29)14-9-17-15-20(24(2,3)4)23(30)21(16-17)25(5,6)7/h10-13,15-16,30H,8-9,14H2,1-7H3,(H,27,29). The summed E-state index contributed by atoms with van der Waals surface area (Å²) in [5.74, 6) is 0.160. The van der Waals surface area contributed by atoms with Gasteiger partial charge in [-0.15, -0.1) is 3.33 Å². The quantitative estimate of drug-likeness (QED) is 0.431. The molecule has 0 aromatic heterocycles. The number of carbonyl (C=O) groups excluding carboxylic acids is 1. The third-order valence-electron chi connectivity index (χ3n) is 5.37. The lowest BCUT2D eigenvalue weighted by molar-refractivity contribution is -0.116. The molecule has 8 heteroatoms. The highest BCUT2D eigenvalue weighted by atomic mass is 79.9. The Morgan fingerprint density at radius 2 is 1.48 bits per heavy atom. The molecule has 0 saturated heterocycles. The van der Waals surface area contributed by atoms with Crippen molar-refractivity contribution in [1.29, 1.82) is 0 Å². The maximum absolute atomic E-state index is 12.6. The van der Waals surface area contributed by atoms with Gasteiger partial charge in [0, 0.05) is 34.8 Å². The average molecular weight is 540 g/mol. The Hall–Kier alpha value is -1.90. The average Bonchev–Trinajstić information content (AvgIpc) is 2.71. The molecular weight excluding hydrogens is 504 g/mol. The second kappa shape index (κ2) is 10.2. The molecule has 0 aliphatic carbocycles. The lowest BCUT2D eigenvalue weighted by Crippen LogP contribution is -2.21. The zero-order chi connectivity index (χ0) is 25.2. The van der Waals surface area contributed by atoms with E-state index in [1.165, 1.54) is 12.1 Å². The van der Waals surface area contributed by atoms with Gasteiger partial charge in [0.05, 0.1) is 4.90 Å². The number of aromatic hydroxyl groups is 1. The first-order valence-corrected chi connectivity index (χ1v) is 13.2. The van der Waals surface area contributed by atoms with E-state index in [1.54, 1.807) is 19.1 Å². The van der Waals surface area contributed by atoms with Gasteiger partial charge in [-0.3, -0.25) is 4.79 Å². The Morgan fingerprint density at radius 3 is 1.91 bits per heavy atom. The number of nitrogens with zero attached hydrogens (tertiary/aromatic N) is 1. The number of anilines is 1. The first kappa shape index (κ1) is 27.3. The van der Waals surface area contributed by atoms with Gasteiger partial charge in [0.15, 0.2) is 0 Å². The van der Waals surface area contributed by atoms with Gasteiger partial charge in [-0.05, 0) is 58.2 Å². The van der Waals surface area contributed by atoms with Crippen molar-refractivity contribution < 1.29 is 18.3 Å². The van der Waals surface area contributed by atoms with E-state index in [9.17, 15) is 18.3 Å². The molecule has 182 valence electrons. The van der Waals surface area contributed by atoms with Gasteiger partial charge in [0.1, 0.15) is 5.75 Å². The summed E-state index contributed by atoms with van der Waals surface area (Å²) in [5, 5.41) is 13.7. The molecule has 0 atom stereocenters. The zero-order valence-electron chi connectivity index (χ0n) is 20.5. The smallest absolute Gasteiger partial charge is 0.252 e. The van der Waals surface area contributed by atoms with E-state index in [1.807, 2.05) is 12.1 Å². The van der Waals surface area contributed by atoms with Gasteiger partial charge in [0.2, 0.25) is 5.91 Å². The van der Waals surface area contributed by atoms with Crippen molar-refractivity contribution in [3.63, 3.8) is 0 Å². The van der Waals surface area contributed by atoms with Gasteiger partial charge < -0.3 is 10.4 Å². The number of rotatable bonds is 7. The predicted octanol–water partition coefficient (Wildman–Crippen LogP) is 5.88. The molecule has 0 saturated carbocycles. The molecule has 2 aromatic rings. The fourth-order valence-electron chi connectivity index (χ4n) is 3.46. The molecule has 0 aliphatic heterocycles. The summed E-state index contributed by atoms with van der Waals surface area (Å²) in [6, 6.07) is 10.1. The molecule has 2 N–H and O–H groups in total. The van der Waals surface area contributed by atoms with E-state index in [2.05, 4.69) is 63.0 Å². The number of sulfonamides is 1. The molecule has 0 fully saturated rings. The number of nitrogens with one attached hydrogen (secondary N) is 1. The van der Waals surface area contributed by atoms with Gasteiger partial charge in [-0.25, -0.2) is 8.42 Å². The maximum Gasteiger partial charge on any atom is 0.252 e. The van der Waals surface area contributed by atoms with Crippen LogP contribution in [0.4, 0.5) is 5.69 Å². The third kappa shape index (κ3) is 6.80. The van der Waals surface area contributed by atoms with E-state index in [-0.39, 0.29) is 28.1 Å². The molecule has 1 amide bonds. The normalized spacial score (nSPS) is 12.8. The van der Waals surface area contributed by atoms with Crippen molar-refractivity contribution in [2.24, 2.45) is 0 Å². The Labute approximate surface area is 206 Å². The Morgan fingerprint density at radius 1 is 1.00 bits per heavy atom. The Kier molecular flexibility index (Phi) is 8.41. The molecule has 0 heterocycles. The lowest BCUT2D eigenvalue weighted by Gasteiger charge is -2.28. The molecule has 33 heavy (non-hydrogen) atoms. The van der Waals surface area contributed by atoms with Crippen molar-refractivity contribution in [3.05, 3.63) is 53.1 Å². The highest BCUT2D eigenvalue weighted by Crippen LogP contribution is 2.40. The molecule has 0 bridgehead atoms. The summed E-state index contributed by atoms with van der Waals surface area (Å²) in [6.07, 6.45) is 0.794. The van der Waals surface area contributed by atoms with Gasteiger partial charge in [0.25, 0.3) is 10.0 Å². The maximum atomic E-state index is 12.6. The van der Waals surface area contributed by atoms with Gasteiger partial charge in [-0.2, -0.15) is 0 Å². The van der Waals surface area contributed by atoms with Crippen molar-refractivity contribution in [3.8, 4) is 5.75 Å². The summed E-state index contributed by atoms with van der Waals surface area (Å²) in [5.41, 5.74) is 2.81. The number of aryl methyl sites for hydroxylation is 1. The van der Waals surface area contributed by atoms with Crippen molar-refractivity contribution in [2.45, 2.75) is 77.0 Å². The minimum atomic E-state index is -3.60. The highest BCUT2D eigenvalue weighted by molar-refractivity contribution is 9.08. The number of benzene rings is 2. The van der Waals surface area contributed by atoms with Crippen LogP contribution < -0.4 is 5.32 Å². The summed E-state index contributed by atoms with van der Waals surface area (Å²) in [4.78, 5) is 12.7. The predicted molar refractivity (Wildman–Crippen MR) is 137 cm³/mol. The van der Waals surface area contributed by atoms with Crippen LogP contribution in [0.25, 0.3) is 0 Å². The second-order valence-electron chi connectivity index (χ2n) is 10.2. The minimum absolute atomic E-state index is 0.146. The van der Waals surface area contributed by atoms with Crippen LogP contribution in [0.1, 0.15) is 71.6 Å². The molecule has 2 aromatic carbocycles. The summed E-state index contributed by atoms with van der Waals surface area (Å²) < 4.78 is 25.8. The first-order chi connectivity index (χ1) is 15.1. The molecular formula is C25H35BrN2O4S. The number of hydrogen-bond acceptors (Lipinski definition) is 4. The fourth-order valence-corrected chi connectivity index (χ4v) is 5.01. The van der Waals surface area contributed by atoms with Crippen LogP contribution >= 0.6 is 16.1 Å². The summed E-state index contributed by atoms with van der Waals surface area (Å²) >= 11 is 3.04. The fraction of sp³-hybridized carbons (Fsp3) is 0.480. The molecule has 6 nitrogen and oxygen atoms in total. The van der Waals surface area contributed by atoms with Crippen molar-refractivity contribution >= 4 is 37.8 Å². The van der Waals surface area contributed by atoms with Crippen LogP contribution in [0.2, 0.25) is 0 Å². The Bertz CT molecular complexity index is 1060. The SMILES string of the molecule is CCN(Br)S(=O)(=O)c1ccc(NC(=O)CCc2cc(C(C)(C)C)c(O)c(C(C)(C)C)c2)cc1. The molecule has 0 spiro atoms. The van der Waals surface area contributed by atoms with Crippen LogP contribution in [0.5, 0.6) is 5.75 Å². The molecule has 0 aliphatic rings. The number of carbonyl (C=O) groups is 1. The monoisotopic (exact) mass is 538 g/mol. The van der Waals surface area contributed by atoms with Gasteiger partial charge in [-0.1, -0.05) is 60.6 Å². The van der Waals surface area contributed by atoms with Gasteiger partial charge >= 0.3 is 0 Å². The first-order valence-electron chi connectivity index (χ1n) is 11.0. The van der Waals surface area contributed by atoms with Crippen LogP contribution in [0, 0.1) is 0 Å². The van der Waals surface area contributed by atoms with Crippen molar-refractivity contribution in [2.75, 3.05) is 11.9 Å². The highest BCUT2D eigenvalue weighted by Gasteiger charge is 2.26. The van der Waals surface area contributed by atoms with E-state index < -0.39 is 10.0 Å². The van der Waals surface area contributed by atoms with Crippen LogP contribution in [-0.4, -0.2) is 29.3 Å². The summed E-state index contributed by atoms with van der Waals surface area (Å²) in [7, 11) is -3.60. The Balaban J connectivity index is 2.15. The number of hydrogen-bond donors (Lipinski definition) is 2. The molecule has 0 radical (unpaired) electrons. The number of phenolic OH excluding ortho intramolecular Hbond substituents is 1. The second-order valence-corrected chi connectivity index (χ2v) is 13.4. The van der Waals surface area contributed by atoms with E-state index in [0.29, 0.717) is 24.4 Å². The largest absolute Gasteiger partial charge is 0.507 e. The van der Waals surface area contributed by atoms with Crippen LogP contribution in [0.15, 0.2) is 41.3 Å². The van der Waals surface area contributed by atoms with Crippen LogP contribution in [-0.2, 0) is 32.1 Å². The number of amides is 1. The third-order valence-corrected chi connectivity index (χ3v) is 8.66. The van der Waals surface area contributed by atoms with Crippen LogP contribution in [0.3, 0.4) is 0 Å². The zero-order valence-corrected chi connectivity index (χ0v) is 22.9. The topological polar surface area (TPSA) is 86.7 Å². The number of halogens is 1. The molecule has 2 rings (SSSR count). The summed E-state index contributed by atoms with van der Waals surface area (Å²) in [6.45, 7) is 14.4. The van der Waals surface area contributed by atoms with E-state index in [0.717, 1.165) is 20.0 Å². The number of phenols is 1. The van der Waals surface area contributed by atoms with Crippen molar-refractivity contribution in [1.82, 2.24) is 3.33 Å².